The molecule has 0 atom stereocenters. The number of benzene rings is 1. The third kappa shape index (κ3) is 2.00. The molecule has 0 saturated carbocycles. The largest absolute Gasteiger partial charge is 0.507 e. The lowest BCUT2D eigenvalue weighted by atomic mass is 10.1. The molecule has 7 heteroatoms. The summed E-state index contributed by atoms with van der Waals surface area (Å²) >= 11 is 6.05. The van der Waals surface area contributed by atoms with E-state index in [0.29, 0.717) is 21.9 Å². The molecule has 0 unspecified atom stereocenters. The highest BCUT2D eigenvalue weighted by molar-refractivity contribution is 6.32. The fraction of sp³-hybridized carbons (Fsp3) is 0.273. The van der Waals surface area contributed by atoms with E-state index in [0.717, 1.165) is 0 Å². The molecule has 0 saturated heterocycles. The molecule has 96 valence electrons. The molecular formula is C11H12ClN3O3. The molecule has 0 aliphatic heterocycles. The number of ether oxygens (including phenoxy) is 1. The molecule has 0 aliphatic rings. The van der Waals surface area contributed by atoms with Gasteiger partial charge in [-0.3, -0.25) is 0 Å². The predicted molar refractivity (Wildman–Crippen MR) is 65.6 cm³/mol. The zero-order valence-electron chi connectivity index (χ0n) is 9.90. The van der Waals surface area contributed by atoms with Gasteiger partial charge in [-0.2, -0.15) is 4.98 Å². The Hall–Kier alpha value is -1.79. The summed E-state index contributed by atoms with van der Waals surface area (Å²) in [5.74, 6) is 0.940. The Kier molecular flexibility index (Phi) is 3.40. The van der Waals surface area contributed by atoms with Crippen molar-refractivity contribution in [2.45, 2.75) is 13.5 Å². The first-order valence-electron chi connectivity index (χ1n) is 5.17. The van der Waals surface area contributed by atoms with E-state index >= 15 is 0 Å². The zero-order chi connectivity index (χ0) is 13.3. The SMILES string of the molecule is COc1c(Cl)cc(-c2noc(CN)n2)c(O)c1C. The molecule has 6 nitrogen and oxygen atoms in total. The number of nitrogens with zero attached hydrogens (tertiary/aromatic N) is 2. The second-order valence-corrected chi connectivity index (χ2v) is 4.04. The number of hydrogen-bond donors (Lipinski definition) is 2. The van der Waals surface area contributed by atoms with Crippen molar-refractivity contribution in [3.05, 3.63) is 22.5 Å². The fourth-order valence-corrected chi connectivity index (χ4v) is 1.95. The van der Waals surface area contributed by atoms with Gasteiger partial charge in [-0.25, -0.2) is 0 Å². The van der Waals surface area contributed by atoms with E-state index in [9.17, 15) is 5.11 Å². The van der Waals surface area contributed by atoms with Crippen LogP contribution in [0, 0.1) is 6.92 Å². The van der Waals surface area contributed by atoms with E-state index in [1.807, 2.05) is 0 Å². The lowest BCUT2D eigenvalue weighted by Crippen LogP contribution is -1.96. The van der Waals surface area contributed by atoms with Gasteiger partial charge in [-0.05, 0) is 13.0 Å². The summed E-state index contributed by atoms with van der Waals surface area (Å²) in [5.41, 5.74) is 6.27. The molecule has 0 spiro atoms. The van der Waals surface area contributed by atoms with Gasteiger partial charge in [0.15, 0.2) is 0 Å². The number of phenolic OH excluding ortho intramolecular Hbond substituents is 1. The van der Waals surface area contributed by atoms with Crippen molar-refractivity contribution in [3.63, 3.8) is 0 Å². The topological polar surface area (TPSA) is 94.4 Å². The molecule has 2 aromatic rings. The number of methoxy groups -OCH3 is 1. The maximum absolute atomic E-state index is 10.1. The summed E-state index contributed by atoms with van der Waals surface area (Å²) in [6, 6.07) is 1.52. The van der Waals surface area contributed by atoms with Crippen molar-refractivity contribution in [2.24, 2.45) is 5.73 Å². The Morgan fingerprint density at radius 1 is 1.56 bits per heavy atom. The van der Waals surface area contributed by atoms with Crippen molar-refractivity contribution in [1.82, 2.24) is 10.1 Å². The van der Waals surface area contributed by atoms with E-state index < -0.39 is 0 Å². The average Bonchev–Trinajstić information content (AvgIpc) is 2.83. The minimum absolute atomic E-state index is 0.000575. The van der Waals surface area contributed by atoms with Crippen molar-refractivity contribution in [2.75, 3.05) is 7.11 Å². The monoisotopic (exact) mass is 269 g/mol. The molecule has 2 rings (SSSR count). The Morgan fingerprint density at radius 2 is 2.28 bits per heavy atom. The van der Waals surface area contributed by atoms with Crippen LogP contribution in [0.1, 0.15) is 11.5 Å². The minimum Gasteiger partial charge on any atom is -0.507 e. The van der Waals surface area contributed by atoms with Gasteiger partial charge in [-0.1, -0.05) is 16.8 Å². The molecule has 0 bridgehead atoms. The van der Waals surface area contributed by atoms with Crippen LogP contribution in [0.25, 0.3) is 11.4 Å². The van der Waals surface area contributed by atoms with Gasteiger partial charge in [0.05, 0.1) is 24.2 Å². The average molecular weight is 270 g/mol. The standard InChI is InChI=1S/C11H12ClN3O3/c1-5-9(16)6(3-7(12)10(5)17-2)11-14-8(4-13)18-15-11/h3,16H,4,13H2,1-2H3. The van der Waals surface area contributed by atoms with E-state index in [-0.39, 0.29) is 24.0 Å². The van der Waals surface area contributed by atoms with E-state index in [2.05, 4.69) is 10.1 Å². The summed E-state index contributed by atoms with van der Waals surface area (Å²) in [5, 5.41) is 14.2. The van der Waals surface area contributed by atoms with Crippen LogP contribution in [0.2, 0.25) is 5.02 Å². The molecule has 0 fully saturated rings. The van der Waals surface area contributed by atoms with Gasteiger partial charge in [0.1, 0.15) is 11.5 Å². The Labute approximate surface area is 108 Å². The van der Waals surface area contributed by atoms with Gasteiger partial charge in [-0.15, -0.1) is 0 Å². The van der Waals surface area contributed by atoms with Crippen LogP contribution in [0.3, 0.4) is 0 Å². The molecule has 1 aromatic heterocycles. The molecule has 0 aliphatic carbocycles. The number of hydrogen-bond acceptors (Lipinski definition) is 6. The van der Waals surface area contributed by atoms with E-state index in [4.69, 9.17) is 26.6 Å². The van der Waals surface area contributed by atoms with Gasteiger partial charge < -0.3 is 20.1 Å². The summed E-state index contributed by atoms with van der Waals surface area (Å²) in [4.78, 5) is 4.04. The van der Waals surface area contributed by atoms with Crippen LogP contribution in [0.15, 0.2) is 10.6 Å². The molecule has 18 heavy (non-hydrogen) atoms. The smallest absolute Gasteiger partial charge is 0.240 e. The van der Waals surface area contributed by atoms with Crippen molar-refractivity contribution < 1.29 is 14.4 Å². The van der Waals surface area contributed by atoms with E-state index in [1.54, 1.807) is 6.92 Å². The molecule has 0 radical (unpaired) electrons. The molecule has 1 heterocycles. The highest BCUT2D eigenvalue weighted by Gasteiger charge is 2.19. The number of phenols is 1. The maximum atomic E-state index is 10.1. The van der Waals surface area contributed by atoms with Gasteiger partial charge in [0.2, 0.25) is 11.7 Å². The van der Waals surface area contributed by atoms with Crippen LogP contribution in [0.4, 0.5) is 0 Å². The quantitative estimate of drug-likeness (QED) is 0.883. The molecule has 3 N–H and O–H groups in total. The summed E-state index contributed by atoms with van der Waals surface area (Å²) in [7, 11) is 1.48. The number of aromatic nitrogens is 2. The Morgan fingerprint density at radius 3 is 2.83 bits per heavy atom. The van der Waals surface area contributed by atoms with Crippen molar-refractivity contribution in [3.8, 4) is 22.9 Å². The third-order valence-corrected chi connectivity index (χ3v) is 2.81. The Balaban J connectivity index is 2.58. The number of nitrogens with two attached hydrogens (primary N) is 1. The van der Waals surface area contributed by atoms with Crippen LogP contribution in [-0.4, -0.2) is 22.4 Å². The maximum Gasteiger partial charge on any atom is 0.240 e. The predicted octanol–water partition coefficient (Wildman–Crippen LogP) is 1.87. The van der Waals surface area contributed by atoms with Gasteiger partial charge in [0.25, 0.3) is 0 Å². The summed E-state index contributed by atoms with van der Waals surface area (Å²) in [6.45, 7) is 1.82. The molecule has 1 aromatic carbocycles. The van der Waals surface area contributed by atoms with E-state index in [1.165, 1.54) is 13.2 Å². The molecular weight excluding hydrogens is 258 g/mol. The fourth-order valence-electron chi connectivity index (χ4n) is 1.62. The third-order valence-electron chi connectivity index (χ3n) is 2.53. The minimum atomic E-state index is 0.000575. The lowest BCUT2D eigenvalue weighted by molar-refractivity contribution is 0.380. The van der Waals surface area contributed by atoms with Crippen LogP contribution >= 0.6 is 11.6 Å². The van der Waals surface area contributed by atoms with Gasteiger partial charge >= 0.3 is 0 Å². The first-order valence-corrected chi connectivity index (χ1v) is 5.55. The van der Waals surface area contributed by atoms with Crippen molar-refractivity contribution >= 4 is 11.6 Å². The Bertz CT molecular complexity index is 583. The van der Waals surface area contributed by atoms with Gasteiger partial charge in [0, 0.05) is 5.56 Å². The summed E-state index contributed by atoms with van der Waals surface area (Å²) < 4.78 is 9.99. The number of halogens is 1. The van der Waals surface area contributed by atoms with Crippen molar-refractivity contribution in [1.29, 1.82) is 0 Å². The zero-order valence-corrected chi connectivity index (χ0v) is 10.7. The first-order chi connectivity index (χ1) is 8.58. The van der Waals surface area contributed by atoms with Crippen LogP contribution < -0.4 is 10.5 Å². The second-order valence-electron chi connectivity index (χ2n) is 3.63. The number of aromatic hydroxyl groups is 1. The van der Waals surface area contributed by atoms with Crippen LogP contribution in [-0.2, 0) is 6.54 Å². The highest BCUT2D eigenvalue weighted by Crippen LogP contribution is 2.40. The molecule has 0 amide bonds. The normalized spacial score (nSPS) is 10.7. The lowest BCUT2D eigenvalue weighted by Gasteiger charge is -2.11. The number of rotatable bonds is 3. The van der Waals surface area contributed by atoms with Crippen LogP contribution in [0.5, 0.6) is 11.5 Å². The summed E-state index contributed by atoms with van der Waals surface area (Å²) in [6.07, 6.45) is 0. The first kappa shape index (κ1) is 12.7. The second kappa shape index (κ2) is 4.83. The highest BCUT2D eigenvalue weighted by atomic mass is 35.5.